The summed E-state index contributed by atoms with van der Waals surface area (Å²) in [6.45, 7) is 18.2. The van der Waals surface area contributed by atoms with Crippen LogP contribution in [-0.4, -0.2) is 0 Å². The molecule has 3 aliphatic rings. The number of anilines is 6. The molecule has 0 bridgehead atoms. The van der Waals surface area contributed by atoms with Crippen molar-refractivity contribution in [3.8, 4) is 11.1 Å². The molecule has 6 aromatic rings. The van der Waals surface area contributed by atoms with Gasteiger partial charge in [0, 0.05) is 33.9 Å². The van der Waals surface area contributed by atoms with Crippen molar-refractivity contribution in [3.05, 3.63) is 181 Å². The average Bonchev–Trinajstić information content (AvgIpc) is 3.81. The van der Waals surface area contributed by atoms with Crippen LogP contribution in [0.2, 0.25) is 0 Å². The summed E-state index contributed by atoms with van der Waals surface area (Å²) in [4.78, 5) is 9.62. The molecule has 1 aliphatic carbocycles. The number of nitrogens with zero attached hydrogens (tertiary/aromatic N) is 4. The van der Waals surface area contributed by atoms with Crippen LogP contribution in [0.4, 0.5) is 34.1 Å². The number of para-hydroxylation sites is 4. The summed E-state index contributed by atoms with van der Waals surface area (Å²) in [6, 6.07) is 55.7. The maximum absolute atomic E-state index is 3.59. The third-order valence-corrected chi connectivity index (χ3v) is 10.7. The third kappa shape index (κ3) is 5.13. The smallest absolute Gasteiger partial charge is 0.494 e. The van der Waals surface area contributed by atoms with E-state index in [-0.39, 0.29) is 31.9 Å². The van der Waals surface area contributed by atoms with Crippen LogP contribution in [0.3, 0.4) is 0 Å². The normalized spacial score (nSPS) is 15.6. The molecule has 6 aromatic carbocycles. The number of hydrogen-bond acceptors (Lipinski definition) is 4. The van der Waals surface area contributed by atoms with Gasteiger partial charge >= 0.3 is 21.1 Å². The first-order valence-electron chi connectivity index (χ1n) is 17.9. The van der Waals surface area contributed by atoms with Crippen LogP contribution in [0, 0.1) is 25.5 Å². The molecule has 52 heavy (non-hydrogen) atoms. The molecule has 260 valence electrons. The van der Waals surface area contributed by atoms with Crippen molar-refractivity contribution in [2.45, 2.75) is 58.0 Å². The zero-order chi connectivity index (χ0) is 35.1. The Labute approximate surface area is 323 Å². The van der Waals surface area contributed by atoms with Crippen LogP contribution in [0.25, 0.3) is 11.1 Å². The minimum absolute atomic E-state index is 0. The second kappa shape index (κ2) is 12.4. The van der Waals surface area contributed by atoms with Gasteiger partial charge in [-0.15, -0.1) is 36.8 Å². The average molecular weight is 858 g/mol. The van der Waals surface area contributed by atoms with Gasteiger partial charge in [0.2, 0.25) is 0 Å². The van der Waals surface area contributed by atoms with E-state index in [0.717, 1.165) is 34.1 Å². The van der Waals surface area contributed by atoms with E-state index in [1.54, 1.807) is 0 Å². The molecule has 0 N–H and O–H groups in total. The van der Waals surface area contributed by atoms with E-state index >= 15 is 0 Å². The van der Waals surface area contributed by atoms with Gasteiger partial charge in [-0.3, -0.25) is 0 Å². The van der Waals surface area contributed by atoms with E-state index in [0.29, 0.717) is 0 Å². The van der Waals surface area contributed by atoms with Gasteiger partial charge in [0.25, 0.3) is 0 Å². The van der Waals surface area contributed by atoms with Gasteiger partial charge in [0.1, 0.15) is 5.66 Å². The predicted octanol–water partition coefficient (Wildman–Crippen LogP) is 11.6. The standard InChI is InChI=1S/C47H42N4.Pt/c1-45(2,3)33-17-15-19-35(29-33)48-31-50(43-27-13-11-25-41(43)48)47(39-23-9-7-21-37(39)38-22-8-10-24-40(38)47)51-32-49(42-26-12-14-28-44(42)51)36-20-16-18-34(30-36)46(4,5)6;/h7-18,21-32H,1-6H3;/q-4;+4. The van der Waals surface area contributed by atoms with Gasteiger partial charge in [-0.05, 0) is 46.2 Å². The predicted molar refractivity (Wildman–Crippen MR) is 211 cm³/mol. The fraction of sp³-hybridized carbons (Fsp3) is 0.191. The number of hydrogen-bond donors (Lipinski definition) is 0. The topological polar surface area (TPSA) is 13.0 Å². The maximum atomic E-state index is 3.59. The molecule has 2 heterocycles. The SMILES string of the molecule is CC(C)(C)c1cc[c-]c(N2[CH-]N(C3(N4[CH-]N(c5[c-]ccc(C(C)(C)C)c5)c5ccccc54)c4ccccc4-c4ccccc43)c3ccccc32)c1.[Pt+4]. The maximum Gasteiger partial charge on any atom is 4.00 e. The Bertz CT molecular complexity index is 2130. The zero-order valence-corrected chi connectivity index (χ0v) is 32.7. The molecule has 9 rings (SSSR count). The second-order valence-electron chi connectivity index (χ2n) is 15.9. The molecular weight excluding hydrogens is 816 g/mol. The van der Waals surface area contributed by atoms with Crippen LogP contribution in [-0.2, 0) is 37.6 Å². The van der Waals surface area contributed by atoms with Crippen molar-refractivity contribution in [2.75, 3.05) is 19.6 Å². The molecule has 0 amide bonds. The Balaban J connectivity index is 0.00000387. The monoisotopic (exact) mass is 857 g/mol. The quantitative estimate of drug-likeness (QED) is 0.164. The summed E-state index contributed by atoms with van der Waals surface area (Å²) in [5.41, 5.74) is 13.3. The molecule has 0 aromatic heterocycles. The van der Waals surface area contributed by atoms with E-state index in [2.05, 4.69) is 220 Å². The molecule has 0 fully saturated rings. The number of rotatable bonds is 4. The second-order valence-corrected chi connectivity index (χ2v) is 15.9. The number of fused-ring (bicyclic) bond motifs is 5. The van der Waals surface area contributed by atoms with E-state index in [9.17, 15) is 0 Å². The van der Waals surface area contributed by atoms with E-state index in [4.69, 9.17) is 0 Å². The molecule has 0 saturated heterocycles. The molecule has 0 radical (unpaired) electrons. The van der Waals surface area contributed by atoms with Gasteiger partial charge in [0.05, 0.1) is 0 Å². The number of benzene rings is 6. The van der Waals surface area contributed by atoms with Gasteiger partial charge < -0.3 is 19.6 Å². The van der Waals surface area contributed by atoms with Gasteiger partial charge in [0.15, 0.2) is 0 Å². The van der Waals surface area contributed by atoms with Crippen LogP contribution in [0.1, 0.15) is 63.8 Å². The molecule has 5 heteroatoms. The van der Waals surface area contributed by atoms with E-state index in [1.165, 1.54) is 33.4 Å². The largest absolute Gasteiger partial charge is 4.00 e. The van der Waals surface area contributed by atoms with Crippen molar-refractivity contribution in [1.29, 1.82) is 0 Å². The zero-order valence-electron chi connectivity index (χ0n) is 30.5. The van der Waals surface area contributed by atoms with Crippen LogP contribution in [0.15, 0.2) is 133 Å². The van der Waals surface area contributed by atoms with Crippen molar-refractivity contribution in [1.82, 2.24) is 0 Å². The summed E-state index contributed by atoms with van der Waals surface area (Å²) >= 11 is 0. The van der Waals surface area contributed by atoms with Gasteiger partial charge in [-0.2, -0.15) is 47.5 Å². The Morgan fingerprint density at radius 3 is 1.25 bits per heavy atom. The van der Waals surface area contributed by atoms with Crippen LogP contribution in [0.5, 0.6) is 0 Å². The van der Waals surface area contributed by atoms with Gasteiger partial charge in [-0.25, -0.2) is 0 Å². The van der Waals surface area contributed by atoms with Crippen molar-refractivity contribution in [3.63, 3.8) is 0 Å². The summed E-state index contributed by atoms with van der Waals surface area (Å²) in [6.07, 6.45) is 0. The molecule has 4 nitrogen and oxygen atoms in total. The third-order valence-electron chi connectivity index (χ3n) is 10.7. The first kappa shape index (κ1) is 34.3. The minimum atomic E-state index is -0.772. The van der Waals surface area contributed by atoms with E-state index < -0.39 is 5.66 Å². The first-order valence-corrected chi connectivity index (χ1v) is 17.9. The summed E-state index contributed by atoms with van der Waals surface area (Å²) < 4.78 is 0. The Morgan fingerprint density at radius 1 is 0.481 bits per heavy atom. The fourth-order valence-electron chi connectivity index (χ4n) is 8.07. The fourth-order valence-corrected chi connectivity index (χ4v) is 8.07. The van der Waals surface area contributed by atoms with Crippen molar-refractivity contribution >= 4 is 34.1 Å². The van der Waals surface area contributed by atoms with Crippen molar-refractivity contribution < 1.29 is 21.1 Å². The minimum Gasteiger partial charge on any atom is -0.494 e. The van der Waals surface area contributed by atoms with E-state index in [1.807, 2.05) is 0 Å². The Kier molecular flexibility index (Phi) is 8.19. The molecular formula is C47H42N4Pt. The Morgan fingerprint density at radius 2 is 0.846 bits per heavy atom. The van der Waals surface area contributed by atoms with Crippen LogP contribution < -0.4 is 19.6 Å². The molecule has 0 atom stereocenters. The molecule has 0 saturated carbocycles. The molecule has 0 unspecified atom stereocenters. The first-order chi connectivity index (χ1) is 24.6. The van der Waals surface area contributed by atoms with Gasteiger partial charge in [-0.1, -0.05) is 114 Å². The molecule has 2 aliphatic heterocycles. The summed E-state index contributed by atoms with van der Waals surface area (Å²) in [5, 5.41) is 0. The van der Waals surface area contributed by atoms with Crippen LogP contribution >= 0.6 is 0 Å². The Hall–Kier alpha value is -4.79. The summed E-state index contributed by atoms with van der Waals surface area (Å²) in [5.74, 6) is 0. The molecule has 0 spiro atoms. The summed E-state index contributed by atoms with van der Waals surface area (Å²) in [7, 11) is 0. The van der Waals surface area contributed by atoms with Crippen molar-refractivity contribution in [2.24, 2.45) is 0 Å².